The number of carbonyl (C=O) groups is 2. The number of hydrogen-bond acceptors (Lipinski definition) is 5. The first-order chi connectivity index (χ1) is 15.9. The predicted octanol–water partition coefficient (Wildman–Crippen LogP) is 3.52. The zero-order valence-corrected chi connectivity index (χ0v) is 18.7. The van der Waals surface area contributed by atoms with Gasteiger partial charge in [0.1, 0.15) is 0 Å². The van der Waals surface area contributed by atoms with E-state index < -0.39 is 22.6 Å². The van der Waals surface area contributed by atoms with Gasteiger partial charge in [-0.05, 0) is 48.7 Å². The highest BCUT2D eigenvalue weighted by atomic mass is 32.2. The number of esters is 1. The van der Waals surface area contributed by atoms with E-state index in [-0.39, 0.29) is 29.0 Å². The molecule has 0 radical (unpaired) electrons. The van der Waals surface area contributed by atoms with E-state index in [9.17, 15) is 18.0 Å². The standard InChI is InChI=1S/C25H24N2O5S/c28-24(26-21-14-15-21)18-32-25(29)20-10-7-13-23(16-20)33(30,31)27(22-11-5-2-6-12-22)17-19-8-3-1-4-9-19/h1-13,16,21H,14-15,17-18H2,(H,26,28). The second kappa shape index (κ2) is 9.87. The summed E-state index contributed by atoms with van der Waals surface area (Å²) in [6.07, 6.45) is 1.86. The van der Waals surface area contributed by atoms with Gasteiger partial charge in [0.15, 0.2) is 6.61 Å². The van der Waals surface area contributed by atoms with Crippen molar-refractivity contribution in [3.63, 3.8) is 0 Å². The van der Waals surface area contributed by atoms with Crippen LogP contribution in [-0.4, -0.2) is 32.9 Å². The molecule has 1 saturated carbocycles. The maximum absolute atomic E-state index is 13.6. The molecule has 7 nitrogen and oxygen atoms in total. The number of sulfonamides is 1. The van der Waals surface area contributed by atoms with Crippen molar-refractivity contribution in [1.82, 2.24) is 5.32 Å². The van der Waals surface area contributed by atoms with Crippen LogP contribution in [0.15, 0.2) is 89.8 Å². The molecule has 170 valence electrons. The largest absolute Gasteiger partial charge is 0.452 e. The second-order valence-corrected chi connectivity index (χ2v) is 9.64. The average molecular weight is 465 g/mol. The van der Waals surface area contributed by atoms with E-state index in [2.05, 4.69) is 5.32 Å². The molecule has 0 atom stereocenters. The topological polar surface area (TPSA) is 92.8 Å². The number of anilines is 1. The molecule has 1 aliphatic carbocycles. The van der Waals surface area contributed by atoms with Crippen LogP contribution < -0.4 is 9.62 Å². The fourth-order valence-electron chi connectivity index (χ4n) is 3.28. The summed E-state index contributed by atoms with van der Waals surface area (Å²) in [5.74, 6) is -1.12. The Kier molecular flexibility index (Phi) is 6.74. The van der Waals surface area contributed by atoms with E-state index in [0.29, 0.717) is 5.69 Å². The second-order valence-electron chi connectivity index (χ2n) is 7.78. The van der Waals surface area contributed by atoms with Crippen molar-refractivity contribution in [2.24, 2.45) is 0 Å². The number of nitrogens with zero attached hydrogens (tertiary/aromatic N) is 1. The van der Waals surface area contributed by atoms with E-state index in [1.54, 1.807) is 24.3 Å². The summed E-state index contributed by atoms with van der Waals surface area (Å²) >= 11 is 0. The molecule has 1 aliphatic rings. The van der Waals surface area contributed by atoms with Crippen LogP contribution in [-0.2, 0) is 26.1 Å². The summed E-state index contributed by atoms with van der Waals surface area (Å²) in [5, 5.41) is 2.73. The van der Waals surface area contributed by atoms with Crippen molar-refractivity contribution >= 4 is 27.6 Å². The van der Waals surface area contributed by atoms with Crippen LogP contribution in [0.2, 0.25) is 0 Å². The van der Waals surface area contributed by atoms with Gasteiger partial charge in [-0.15, -0.1) is 0 Å². The molecule has 33 heavy (non-hydrogen) atoms. The Hall–Kier alpha value is -3.65. The lowest BCUT2D eigenvalue weighted by Crippen LogP contribution is -2.31. The van der Waals surface area contributed by atoms with Crippen molar-refractivity contribution in [3.8, 4) is 0 Å². The van der Waals surface area contributed by atoms with Gasteiger partial charge in [-0.1, -0.05) is 54.6 Å². The van der Waals surface area contributed by atoms with Crippen LogP contribution in [0.4, 0.5) is 5.69 Å². The highest BCUT2D eigenvalue weighted by molar-refractivity contribution is 7.92. The molecule has 8 heteroatoms. The van der Waals surface area contributed by atoms with Gasteiger partial charge in [-0.3, -0.25) is 9.10 Å². The van der Waals surface area contributed by atoms with E-state index in [1.165, 1.54) is 28.6 Å². The number of benzene rings is 3. The number of para-hydroxylation sites is 1. The SMILES string of the molecule is O=C(COC(=O)c1cccc(S(=O)(=O)N(Cc2ccccc2)c2ccccc2)c1)NC1CC1. The smallest absolute Gasteiger partial charge is 0.338 e. The zero-order chi connectivity index (χ0) is 23.3. The molecular formula is C25H24N2O5S. The molecule has 0 aromatic heterocycles. The molecule has 4 rings (SSSR count). The van der Waals surface area contributed by atoms with Crippen LogP contribution in [0.25, 0.3) is 0 Å². The van der Waals surface area contributed by atoms with Crippen LogP contribution in [0.1, 0.15) is 28.8 Å². The molecule has 1 fully saturated rings. The van der Waals surface area contributed by atoms with Crippen molar-refractivity contribution in [1.29, 1.82) is 0 Å². The first-order valence-electron chi connectivity index (χ1n) is 10.6. The molecule has 0 unspecified atom stereocenters. The third-order valence-electron chi connectivity index (χ3n) is 5.15. The Morgan fingerprint density at radius 3 is 2.24 bits per heavy atom. The van der Waals surface area contributed by atoms with Gasteiger partial charge in [0.2, 0.25) is 0 Å². The quantitative estimate of drug-likeness (QED) is 0.489. The minimum Gasteiger partial charge on any atom is -0.452 e. The molecule has 1 amide bonds. The van der Waals surface area contributed by atoms with E-state index in [1.807, 2.05) is 36.4 Å². The van der Waals surface area contributed by atoms with Gasteiger partial charge >= 0.3 is 5.97 Å². The number of ether oxygens (including phenoxy) is 1. The lowest BCUT2D eigenvalue weighted by atomic mass is 10.2. The minimum absolute atomic E-state index is 0.0424. The van der Waals surface area contributed by atoms with Crippen LogP contribution in [0, 0.1) is 0 Å². The molecule has 1 N–H and O–H groups in total. The lowest BCUT2D eigenvalue weighted by molar-refractivity contribution is -0.124. The first kappa shape index (κ1) is 22.5. The van der Waals surface area contributed by atoms with Gasteiger partial charge in [0.05, 0.1) is 22.7 Å². The van der Waals surface area contributed by atoms with Crippen molar-refractivity contribution in [3.05, 3.63) is 96.1 Å². The number of nitrogens with one attached hydrogen (secondary N) is 1. The summed E-state index contributed by atoms with van der Waals surface area (Å²) in [6.45, 7) is -0.278. The van der Waals surface area contributed by atoms with Gasteiger partial charge in [0.25, 0.3) is 15.9 Å². The summed E-state index contributed by atoms with van der Waals surface area (Å²) in [6, 6.07) is 23.9. The third-order valence-corrected chi connectivity index (χ3v) is 6.92. The maximum Gasteiger partial charge on any atom is 0.338 e. The number of amides is 1. The number of carbonyl (C=O) groups excluding carboxylic acids is 2. The third kappa shape index (κ3) is 5.78. The zero-order valence-electron chi connectivity index (χ0n) is 17.9. The molecule has 3 aromatic carbocycles. The molecule has 0 saturated heterocycles. The van der Waals surface area contributed by atoms with Gasteiger partial charge < -0.3 is 10.1 Å². The number of rotatable bonds is 9. The Bertz CT molecular complexity index is 1230. The number of hydrogen-bond donors (Lipinski definition) is 1. The van der Waals surface area contributed by atoms with Crippen LogP contribution in [0.5, 0.6) is 0 Å². The normalized spacial score (nSPS) is 13.2. The summed E-state index contributed by atoms with van der Waals surface area (Å²) in [5.41, 5.74) is 1.39. The Balaban J connectivity index is 1.57. The molecule has 0 heterocycles. The summed E-state index contributed by atoms with van der Waals surface area (Å²) in [7, 11) is -4.00. The van der Waals surface area contributed by atoms with Crippen LogP contribution >= 0.6 is 0 Å². The summed E-state index contributed by atoms with van der Waals surface area (Å²) in [4.78, 5) is 24.2. The first-order valence-corrected chi connectivity index (χ1v) is 12.1. The van der Waals surface area contributed by atoms with Crippen molar-refractivity contribution in [2.45, 2.75) is 30.3 Å². The Labute approximate surface area is 193 Å². The van der Waals surface area contributed by atoms with Crippen molar-refractivity contribution < 1.29 is 22.7 Å². The van der Waals surface area contributed by atoms with Crippen LogP contribution in [0.3, 0.4) is 0 Å². The van der Waals surface area contributed by atoms with Gasteiger partial charge in [-0.2, -0.15) is 0 Å². The fourth-order valence-corrected chi connectivity index (χ4v) is 4.78. The highest BCUT2D eigenvalue weighted by Crippen LogP contribution is 2.26. The van der Waals surface area contributed by atoms with E-state index in [4.69, 9.17) is 4.74 Å². The minimum atomic E-state index is -4.00. The van der Waals surface area contributed by atoms with E-state index in [0.717, 1.165) is 18.4 Å². The lowest BCUT2D eigenvalue weighted by Gasteiger charge is -2.25. The van der Waals surface area contributed by atoms with Gasteiger partial charge in [-0.25, -0.2) is 13.2 Å². The maximum atomic E-state index is 13.6. The monoisotopic (exact) mass is 464 g/mol. The Morgan fingerprint density at radius 2 is 1.58 bits per heavy atom. The highest BCUT2D eigenvalue weighted by Gasteiger charge is 2.27. The summed E-state index contributed by atoms with van der Waals surface area (Å²) < 4.78 is 33.6. The molecule has 0 bridgehead atoms. The van der Waals surface area contributed by atoms with E-state index >= 15 is 0 Å². The van der Waals surface area contributed by atoms with Gasteiger partial charge in [0, 0.05) is 6.04 Å². The van der Waals surface area contributed by atoms with Crippen molar-refractivity contribution in [2.75, 3.05) is 10.9 Å². The Morgan fingerprint density at radius 1 is 0.909 bits per heavy atom. The fraction of sp³-hybridized carbons (Fsp3) is 0.200. The molecule has 0 aliphatic heterocycles. The molecule has 0 spiro atoms. The average Bonchev–Trinajstić information content (AvgIpc) is 3.66. The predicted molar refractivity (Wildman–Crippen MR) is 124 cm³/mol. The molecule has 3 aromatic rings. The molecular weight excluding hydrogens is 440 g/mol.